The Morgan fingerprint density at radius 2 is 1.86 bits per heavy atom. The average molecular weight is 1000 g/mol. The van der Waals surface area contributed by atoms with E-state index in [0.717, 1.165) is 81.8 Å². The van der Waals surface area contributed by atoms with Crippen LogP contribution in [0.4, 0.5) is 5.69 Å². The Labute approximate surface area is 434 Å². The predicted octanol–water partition coefficient (Wildman–Crippen LogP) is 8.62. The summed E-state index contributed by atoms with van der Waals surface area (Å²) in [7, 11) is 5.25. The second-order valence-corrected chi connectivity index (χ2v) is 22.8. The summed E-state index contributed by atoms with van der Waals surface area (Å²) in [5.41, 5.74) is 1.00. The molecule has 396 valence electrons. The summed E-state index contributed by atoms with van der Waals surface area (Å²) in [5.74, 6) is 11.2. The molecular weight excluding hydrogens is 921 g/mol. The van der Waals surface area contributed by atoms with Crippen LogP contribution in [0.25, 0.3) is 0 Å². The number of hydrogen-bond acceptors (Lipinski definition) is 11. The van der Waals surface area contributed by atoms with Gasteiger partial charge in [0.2, 0.25) is 11.7 Å². The minimum atomic E-state index is -0.974. The number of aliphatic hydroxyl groups excluding tert-OH is 3. The van der Waals surface area contributed by atoms with Crippen molar-refractivity contribution < 1.29 is 44.2 Å². The number of fused-ring (bicyclic) bond motifs is 9. The van der Waals surface area contributed by atoms with Crippen LogP contribution >= 0.6 is 0 Å². The Balaban J connectivity index is 1.23. The maximum absolute atomic E-state index is 15.7. The number of likely N-dealkylation sites (N-methyl/N-ethyl adjacent to an activating group) is 1. The van der Waals surface area contributed by atoms with E-state index in [-0.39, 0.29) is 60.9 Å². The molecule has 1 spiro atoms. The molecule has 0 unspecified atom stereocenters. The Morgan fingerprint density at radius 3 is 2.66 bits per heavy atom. The van der Waals surface area contributed by atoms with Crippen molar-refractivity contribution in [1.29, 1.82) is 0 Å². The third kappa shape index (κ3) is 10.7. The lowest BCUT2D eigenvalue weighted by Gasteiger charge is -2.59. The Bertz CT molecular complexity index is 2460. The van der Waals surface area contributed by atoms with Gasteiger partial charge in [-0.05, 0) is 179 Å². The zero-order chi connectivity index (χ0) is 51.2. The fourth-order valence-corrected chi connectivity index (χ4v) is 15.9. The summed E-state index contributed by atoms with van der Waals surface area (Å²) in [4.78, 5) is 20.4. The van der Waals surface area contributed by atoms with Gasteiger partial charge in [0.15, 0.2) is 29.3 Å². The smallest absolute Gasteiger partial charge is 0.207 e. The lowest BCUT2D eigenvalue weighted by molar-refractivity contribution is -0.126. The van der Waals surface area contributed by atoms with Crippen molar-refractivity contribution in [3.05, 3.63) is 53.6 Å². The number of allylic oxidation sites excluding steroid dienone is 2. The van der Waals surface area contributed by atoms with Gasteiger partial charge in [0, 0.05) is 62.9 Å². The van der Waals surface area contributed by atoms with E-state index in [4.69, 9.17) is 18.9 Å². The van der Waals surface area contributed by atoms with Gasteiger partial charge in [-0.1, -0.05) is 56.6 Å². The summed E-state index contributed by atoms with van der Waals surface area (Å²) < 4.78 is 25.5. The van der Waals surface area contributed by atoms with Gasteiger partial charge in [-0.3, -0.25) is 15.1 Å². The van der Waals surface area contributed by atoms with E-state index >= 15 is 4.79 Å². The van der Waals surface area contributed by atoms with E-state index in [2.05, 4.69) is 70.1 Å². The first kappa shape index (κ1) is 53.1. The van der Waals surface area contributed by atoms with Gasteiger partial charge in [0.05, 0.1) is 19.4 Å². The van der Waals surface area contributed by atoms with Crippen molar-refractivity contribution in [2.45, 2.75) is 146 Å². The number of ketones is 1. The van der Waals surface area contributed by atoms with Gasteiger partial charge in [-0.2, -0.15) is 0 Å². The van der Waals surface area contributed by atoms with Crippen molar-refractivity contribution in [3.8, 4) is 47.0 Å². The summed E-state index contributed by atoms with van der Waals surface area (Å²) in [6.07, 6.45) is 22.2. The summed E-state index contributed by atoms with van der Waals surface area (Å²) >= 11 is 0. The molecule has 0 amide bonds. The Hall–Kier alpha value is -4.76. The van der Waals surface area contributed by atoms with E-state index in [1.165, 1.54) is 6.42 Å². The number of anilines is 1. The SMILES string of the molecule is CC[C@@H]1CC[C@@H]2[C@@H](CCCO)[C@H]3CCC[C@]34c3cc(c5c(c3)O[C@@]3(CNC)C[C@@H](C[C@H](O)OCCCO)[C@@H](CC#CO5)C3)NC(=NC)NC#CC[C@@H]3CCC[C@@]3(Cc3ccc(O)c(OC)c3)C(=O)/C=C/[C@@H]4[C@H]2C1. The van der Waals surface area contributed by atoms with Crippen LogP contribution in [-0.2, 0) is 21.4 Å². The monoisotopic (exact) mass is 1000 g/mol. The van der Waals surface area contributed by atoms with Crippen LogP contribution in [0.3, 0.4) is 0 Å². The number of rotatable bonds is 15. The molecule has 2 aromatic carbocycles. The first-order valence-corrected chi connectivity index (χ1v) is 27.8. The molecule has 13 nitrogen and oxygen atoms in total. The van der Waals surface area contributed by atoms with Crippen LogP contribution in [0, 0.1) is 82.7 Å². The molecule has 7 N–H and O–H groups in total. The number of aliphatic imine (C=N–C) groups is 1. The molecule has 5 fully saturated rings. The second-order valence-electron chi connectivity index (χ2n) is 22.8. The number of carbonyl (C=O) groups is 1. The number of aromatic hydroxyl groups is 1. The molecule has 5 saturated carbocycles. The van der Waals surface area contributed by atoms with E-state index in [0.29, 0.717) is 104 Å². The molecule has 2 heterocycles. The van der Waals surface area contributed by atoms with Gasteiger partial charge < -0.3 is 50.0 Å². The number of nitrogens with one attached hydrogen (secondary N) is 3. The topological polar surface area (TPSA) is 183 Å². The maximum atomic E-state index is 15.7. The predicted molar refractivity (Wildman–Crippen MR) is 283 cm³/mol. The largest absolute Gasteiger partial charge is 0.504 e. The molecule has 9 rings (SSSR count). The van der Waals surface area contributed by atoms with E-state index in [1.807, 2.05) is 25.3 Å². The Morgan fingerprint density at radius 1 is 1.01 bits per heavy atom. The molecule has 5 aliphatic carbocycles. The van der Waals surface area contributed by atoms with Crippen molar-refractivity contribution in [2.24, 2.45) is 63.7 Å². The zero-order valence-electron chi connectivity index (χ0n) is 43.9. The molecule has 0 radical (unpaired) electrons. The number of methoxy groups -OCH3 is 1. The molecule has 2 aromatic rings. The van der Waals surface area contributed by atoms with E-state index < -0.39 is 22.7 Å². The highest BCUT2D eigenvalue weighted by molar-refractivity contribution is 5.97. The van der Waals surface area contributed by atoms with Crippen LogP contribution < -0.4 is 30.2 Å². The molecule has 13 heteroatoms. The second kappa shape index (κ2) is 23.4. The van der Waals surface area contributed by atoms with Crippen LogP contribution in [0.2, 0.25) is 0 Å². The number of phenolic OH excluding ortho intramolecular Hbond substituents is 1. The highest BCUT2D eigenvalue weighted by Crippen LogP contribution is 2.67. The third-order valence-electron chi connectivity index (χ3n) is 19.0. The molecule has 2 aliphatic heterocycles. The van der Waals surface area contributed by atoms with Crippen molar-refractivity contribution in [3.63, 3.8) is 0 Å². The highest BCUT2D eigenvalue weighted by atomic mass is 16.6. The highest BCUT2D eigenvalue weighted by Gasteiger charge is 2.61. The summed E-state index contributed by atoms with van der Waals surface area (Å²) in [5, 5.41) is 52.0. The van der Waals surface area contributed by atoms with Gasteiger partial charge in [0.1, 0.15) is 11.7 Å². The lowest BCUT2D eigenvalue weighted by Crippen LogP contribution is -2.55. The molecule has 73 heavy (non-hydrogen) atoms. The minimum absolute atomic E-state index is 0.00131. The quantitative estimate of drug-likeness (QED) is 0.0513. The number of guanidine groups is 1. The Kier molecular flexibility index (Phi) is 17.0. The first-order chi connectivity index (χ1) is 35.5. The zero-order valence-corrected chi connectivity index (χ0v) is 43.9. The molecule has 13 atom stereocenters. The lowest BCUT2D eigenvalue weighted by atomic mass is 9.45. The van der Waals surface area contributed by atoms with Crippen LogP contribution in [-0.4, -0.2) is 91.6 Å². The maximum Gasteiger partial charge on any atom is 0.207 e. The van der Waals surface area contributed by atoms with E-state index in [1.54, 1.807) is 20.2 Å². The summed E-state index contributed by atoms with van der Waals surface area (Å²) in [6, 6.07) is 13.2. The summed E-state index contributed by atoms with van der Waals surface area (Å²) in [6.45, 7) is 3.34. The molecule has 0 saturated heterocycles. The van der Waals surface area contributed by atoms with Crippen LogP contribution in [0.5, 0.6) is 23.0 Å². The number of nitrogens with zero attached hydrogens (tertiary/aromatic N) is 1. The minimum Gasteiger partial charge on any atom is -0.504 e. The standard InChI is InChI=1S/C60H82N4O9/c1-5-39-17-19-45-46(15-9-26-65)48-16-7-24-60(48)44-33-50(56-53(34-44)73-58(38-61-2)36-41(12-10-28-72-56)42(37-58)32-55(69)71-29-11-27-66)64-57(62-3)63-25-8-14-43-13-6-23-59(43,54(68)22-20-49(60)47(45)30-39)35-40-18-21-51(67)52(31-40)70-4/h18,20-22,31,33-34,39,41-43,45-49,55,61,65-67,69H,5-7,9,11-17,19,23-24,26-27,29-30,32,35-38H2,1-4H3,(H2,62,63,64)/b22-20+/t39-,41+,42-,43+,45-,46-,47+,48-,49-,55-,58-,59+,60+/m1/s1. The van der Waals surface area contributed by atoms with Crippen LogP contribution in [0.1, 0.15) is 134 Å². The normalized spacial score (nSPS) is 34.8. The van der Waals surface area contributed by atoms with Gasteiger partial charge >= 0.3 is 0 Å². The average Bonchev–Trinajstić information content (AvgIpc) is 4.11. The van der Waals surface area contributed by atoms with Crippen molar-refractivity contribution in [2.75, 3.05) is 52.9 Å². The molecule has 7 aliphatic rings. The fourth-order valence-electron chi connectivity index (χ4n) is 15.9. The van der Waals surface area contributed by atoms with Crippen molar-refractivity contribution in [1.82, 2.24) is 10.6 Å². The van der Waals surface area contributed by atoms with Crippen molar-refractivity contribution >= 4 is 17.4 Å². The van der Waals surface area contributed by atoms with Gasteiger partial charge in [-0.25, -0.2) is 0 Å². The third-order valence-corrected chi connectivity index (χ3v) is 19.0. The number of carbonyl (C=O) groups excluding carboxylic acids is 1. The number of benzene rings is 2. The molecule has 4 bridgehead atoms. The number of hydrogen-bond donors (Lipinski definition) is 7. The first-order valence-electron chi connectivity index (χ1n) is 27.8. The fraction of sp³-hybridized carbons (Fsp3) is 0.667. The number of aliphatic hydroxyl groups is 3. The van der Waals surface area contributed by atoms with Gasteiger partial charge in [0.25, 0.3) is 0 Å². The molecular formula is C60H82N4O9. The van der Waals surface area contributed by atoms with E-state index in [9.17, 15) is 20.4 Å². The number of ether oxygens (including phenoxy) is 4. The number of phenols is 1. The van der Waals surface area contributed by atoms with Crippen LogP contribution in [0.15, 0.2) is 47.5 Å². The molecule has 0 aromatic heterocycles. The van der Waals surface area contributed by atoms with Gasteiger partial charge in [-0.15, -0.1) is 0 Å².